The van der Waals surface area contributed by atoms with Gasteiger partial charge in [-0.3, -0.25) is 9.78 Å². The largest absolute Gasteiger partial charge is 0.391 e. The van der Waals surface area contributed by atoms with E-state index in [-0.39, 0.29) is 11.9 Å². The molecule has 5 heteroatoms. The number of pyridine rings is 1. The van der Waals surface area contributed by atoms with Gasteiger partial charge >= 0.3 is 0 Å². The third kappa shape index (κ3) is 3.88. The van der Waals surface area contributed by atoms with Crippen molar-refractivity contribution in [1.82, 2.24) is 14.8 Å². The number of nitrogens with zero attached hydrogens (tertiary/aromatic N) is 3. The molecule has 0 aliphatic carbocycles. The number of hydrogen-bond donors (Lipinski definition) is 1. The molecule has 1 aromatic rings. The number of carbonyl (C=O) groups excluding carboxylic acids is 1. The lowest BCUT2D eigenvalue weighted by Crippen LogP contribution is -2.40. The van der Waals surface area contributed by atoms with Crippen molar-refractivity contribution >= 4 is 12.0 Å². The highest BCUT2D eigenvalue weighted by atomic mass is 16.3. The molecule has 1 saturated heterocycles. The minimum atomic E-state index is -0.421. The fourth-order valence-corrected chi connectivity index (χ4v) is 2.49. The summed E-state index contributed by atoms with van der Waals surface area (Å²) in [5, 5.41) is 9.77. The van der Waals surface area contributed by atoms with Crippen LogP contribution in [-0.2, 0) is 4.79 Å². The van der Waals surface area contributed by atoms with Gasteiger partial charge < -0.3 is 14.9 Å². The number of amides is 1. The Morgan fingerprint density at radius 3 is 3.05 bits per heavy atom. The Bertz CT molecular complexity index is 473. The van der Waals surface area contributed by atoms with Crippen LogP contribution in [-0.4, -0.2) is 65.1 Å². The van der Waals surface area contributed by atoms with Gasteiger partial charge in [0.15, 0.2) is 0 Å². The van der Waals surface area contributed by atoms with Crippen LogP contribution in [0.3, 0.4) is 0 Å². The lowest BCUT2D eigenvalue weighted by atomic mass is 10.2. The molecule has 1 aliphatic heterocycles. The minimum absolute atomic E-state index is 0.0581. The number of aromatic nitrogens is 1. The topological polar surface area (TPSA) is 56.7 Å². The van der Waals surface area contributed by atoms with Crippen molar-refractivity contribution in [2.24, 2.45) is 0 Å². The maximum Gasteiger partial charge on any atom is 0.246 e. The van der Waals surface area contributed by atoms with E-state index in [1.807, 2.05) is 31.1 Å². The van der Waals surface area contributed by atoms with Crippen molar-refractivity contribution in [3.63, 3.8) is 0 Å². The van der Waals surface area contributed by atoms with Crippen LogP contribution in [0.25, 0.3) is 6.08 Å². The van der Waals surface area contributed by atoms with E-state index >= 15 is 0 Å². The number of β-amino-alcohol motifs (C(OH)–C–C–N with tert-alkyl or cyclic N) is 1. The number of aliphatic hydroxyl groups is 1. The molecule has 2 atom stereocenters. The number of likely N-dealkylation sites (tertiary alicyclic amines) is 1. The Kier molecular flexibility index (Phi) is 4.87. The molecule has 0 saturated carbocycles. The van der Waals surface area contributed by atoms with Crippen molar-refractivity contribution in [1.29, 1.82) is 0 Å². The zero-order chi connectivity index (χ0) is 14.5. The Labute approximate surface area is 119 Å². The lowest BCUT2D eigenvalue weighted by molar-refractivity contribution is -0.127. The van der Waals surface area contributed by atoms with E-state index in [2.05, 4.69) is 4.98 Å². The van der Waals surface area contributed by atoms with Crippen molar-refractivity contribution in [2.45, 2.75) is 18.6 Å². The maximum absolute atomic E-state index is 12.2. The molecule has 0 spiro atoms. The highest BCUT2D eigenvalue weighted by Crippen LogP contribution is 2.19. The smallest absolute Gasteiger partial charge is 0.246 e. The van der Waals surface area contributed by atoms with Gasteiger partial charge in [0.1, 0.15) is 0 Å². The number of hydrogen-bond acceptors (Lipinski definition) is 4. The van der Waals surface area contributed by atoms with Crippen LogP contribution in [0.4, 0.5) is 0 Å². The highest BCUT2D eigenvalue weighted by Gasteiger charge is 2.33. The summed E-state index contributed by atoms with van der Waals surface area (Å²) in [5.74, 6) is -0.0581. The summed E-state index contributed by atoms with van der Waals surface area (Å²) in [6.45, 7) is 1.18. The van der Waals surface area contributed by atoms with Gasteiger partial charge in [-0.25, -0.2) is 0 Å². The zero-order valence-corrected chi connectivity index (χ0v) is 11.9. The van der Waals surface area contributed by atoms with E-state index in [1.165, 1.54) is 0 Å². The molecule has 1 N–H and O–H groups in total. The van der Waals surface area contributed by atoms with Crippen LogP contribution in [0, 0.1) is 0 Å². The number of rotatable bonds is 4. The lowest BCUT2D eigenvalue weighted by Gasteiger charge is -2.25. The minimum Gasteiger partial charge on any atom is -0.391 e. The summed E-state index contributed by atoms with van der Waals surface area (Å²) in [7, 11) is 3.94. The number of likely N-dealkylation sites (N-methyl/N-ethyl adjacent to an activating group) is 1. The third-order valence-corrected chi connectivity index (χ3v) is 3.35. The van der Waals surface area contributed by atoms with Crippen molar-refractivity contribution in [3.05, 3.63) is 36.2 Å². The van der Waals surface area contributed by atoms with Crippen molar-refractivity contribution in [3.8, 4) is 0 Å². The second-order valence-corrected chi connectivity index (χ2v) is 5.42. The quantitative estimate of drug-likeness (QED) is 0.818. The Hall–Kier alpha value is -1.72. The first kappa shape index (κ1) is 14.7. The fourth-order valence-electron chi connectivity index (χ4n) is 2.49. The van der Waals surface area contributed by atoms with Gasteiger partial charge in [-0.15, -0.1) is 0 Å². The molecule has 1 aromatic heterocycles. The van der Waals surface area contributed by atoms with Gasteiger partial charge in [0, 0.05) is 37.6 Å². The molecular formula is C15H21N3O2. The summed E-state index contributed by atoms with van der Waals surface area (Å²) in [5.41, 5.74) is 0.893. The molecule has 2 unspecified atom stereocenters. The van der Waals surface area contributed by atoms with Crippen molar-refractivity contribution < 1.29 is 9.90 Å². The van der Waals surface area contributed by atoms with Crippen molar-refractivity contribution in [2.75, 3.05) is 27.2 Å². The standard InChI is InChI=1S/C15H21N3O2/c1-17(2)10-13-8-14(19)11-18(13)15(20)6-5-12-4-3-7-16-9-12/h3-7,9,13-14,19H,8,10-11H2,1-2H3. The maximum atomic E-state index is 12.2. The molecule has 5 nitrogen and oxygen atoms in total. The average molecular weight is 275 g/mol. The molecule has 2 rings (SSSR count). The van der Waals surface area contributed by atoms with Crippen LogP contribution < -0.4 is 0 Å². The predicted octanol–water partition coefficient (Wildman–Crippen LogP) is 0.618. The van der Waals surface area contributed by atoms with Crippen LogP contribution >= 0.6 is 0 Å². The van der Waals surface area contributed by atoms with Crippen LogP contribution in [0.5, 0.6) is 0 Å². The molecule has 1 amide bonds. The molecule has 1 aliphatic rings. The van der Waals surface area contributed by atoms with Gasteiger partial charge in [0.05, 0.1) is 6.10 Å². The second kappa shape index (κ2) is 6.63. The summed E-state index contributed by atoms with van der Waals surface area (Å²) in [6.07, 6.45) is 6.94. The summed E-state index contributed by atoms with van der Waals surface area (Å²) >= 11 is 0. The summed E-state index contributed by atoms with van der Waals surface area (Å²) in [4.78, 5) is 20.0. The monoisotopic (exact) mass is 275 g/mol. The van der Waals surface area contributed by atoms with E-state index in [0.717, 1.165) is 12.1 Å². The summed E-state index contributed by atoms with van der Waals surface area (Å²) in [6, 6.07) is 3.80. The average Bonchev–Trinajstić information content (AvgIpc) is 2.77. The SMILES string of the molecule is CN(C)CC1CC(O)CN1C(=O)C=Cc1cccnc1. The van der Waals surface area contributed by atoms with Gasteiger partial charge in [-0.05, 0) is 38.2 Å². The fraction of sp³-hybridized carbons (Fsp3) is 0.467. The zero-order valence-electron chi connectivity index (χ0n) is 11.9. The van der Waals surface area contributed by atoms with E-state index in [9.17, 15) is 9.90 Å². The number of carbonyl (C=O) groups is 1. The van der Waals surface area contributed by atoms with Crippen LogP contribution in [0.1, 0.15) is 12.0 Å². The molecule has 0 bridgehead atoms. The molecule has 0 aromatic carbocycles. The van der Waals surface area contributed by atoms with Gasteiger partial charge in [-0.2, -0.15) is 0 Å². The van der Waals surface area contributed by atoms with Crippen LogP contribution in [0.15, 0.2) is 30.6 Å². The van der Waals surface area contributed by atoms with Gasteiger partial charge in [0.2, 0.25) is 5.91 Å². The Morgan fingerprint density at radius 2 is 2.40 bits per heavy atom. The first-order chi connectivity index (χ1) is 9.56. The first-order valence-electron chi connectivity index (χ1n) is 6.78. The van der Waals surface area contributed by atoms with E-state index < -0.39 is 6.10 Å². The van der Waals surface area contributed by atoms with E-state index in [1.54, 1.807) is 29.4 Å². The van der Waals surface area contributed by atoms with Crippen LogP contribution in [0.2, 0.25) is 0 Å². The second-order valence-electron chi connectivity index (χ2n) is 5.42. The predicted molar refractivity (Wildman–Crippen MR) is 77.9 cm³/mol. The third-order valence-electron chi connectivity index (χ3n) is 3.35. The molecule has 2 heterocycles. The molecular weight excluding hydrogens is 254 g/mol. The van der Waals surface area contributed by atoms with E-state index in [0.29, 0.717) is 13.0 Å². The number of aliphatic hydroxyl groups excluding tert-OH is 1. The van der Waals surface area contributed by atoms with E-state index in [4.69, 9.17) is 0 Å². The summed E-state index contributed by atoms with van der Waals surface area (Å²) < 4.78 is 0. The normalized spacial score (nSPS) is 22.9. The van der Waals surface area contributed by atoms with Gasteiger partial charge in [0.25, 0.3) is 0 Å². The highest BCUT2D eigenvalue weighted by molar-refractivity contribution is 5.92. The molecule has 0 radical (unpaired) electrons. The Balaban J connectivity index is 2.02. The van der Waals surface area contributed by atoms with Gasteiger partial charge in [-0.1, -0.05) is 6.07 Å². The Morgan fingerprint density at radius 1 is 1.60 bits per heavy atom. The molecule has 20 heavy (non-hydrogen) atoms. The molecule has 1 fully saturated rings. The molecule has 108 valence electrons. The first-order valence-corrected chi connectivity index (χ1v) is 6.78.